The number of aromatic nitrogens is 2. The Balaban J connectivity index is 1.74. The van der Waals surface area contributed by atoms with E-state index >= 15 is 0 Å². The fraction of sp³-hybridized carbons (Fsp3) is 0.706. The Bertz CT molecular complexity index is 560. The van der Waals surface area contributed by atoms with Crippen LogP contribution in [0.4, 0.5) is 0 Å². The molecule has 1 aromatic heterocycles. The van der Waals surface area contributed by atoms with E-state index in [0.717, 1.165) is 58.0 Å². The molecular weight excluding hydrogens is 308 g/mol. The molecule has 24 heavy (non-hydrogen) atoms. The average molecular weight is 334 g/mol. The first-order valence-corrected chi connectivity index (χ1v) is 8.88. The van der Waals surface area contributed by atoms with Crippen molar-refractivity contribution in [3.8, 4) is 0 Å². The Morgan fingerprint density at radius 3 is 2.54 bits per heavy atom. The van der Waals surface area contributed by atoms with Crippen molar-refractivity contribution < 1.29 is 14.7 Å². The number of amides is 1. The maximum absolute atomic E-state index is 13.1. The summed E-state index contributed by atoms with van der Waals surface area (Å²) in [5, 5.41) is 12.3. The molecule has 132 valence electrons. The molecule has 0 bridgehead atoms. The zero-order valence-electron chi connectivity index (χ0n) is 14.0. The Hall–Kier alpha value is -1.89. The van der Waals surface area contributed by atoms with Crippen molar-refractivity contribution in [3.05, 3.63) is 18.2 Å². The molecule has 1 amide bonds. The van der Waals surface area contributed by atoms with E-state index < -0.39 is 17.6 Å². The van der Waals surface area contributed by atoms with E-state index in [1.807, 2.05) is 0 Å². The molecule has 1 atom stereocenters. The van der Waals surface area contributed by atoms with Crippen LogP contribution < -0.4 is 5.32 Å². The zero-order valence-corrected chi connectivity index (χ0v) is 14.0. The fourth-order valence-electron chi connectivity index (χ4n) is 4.08. The van der Waals surface area contributed by atoms with Gasteiger partial charge in [0, 0.05) is 18.3 Å². The summed E-state index contributed by atoms with van der Waals surface area (Å²) in [6.07, 6.45) is 10.4. The van der Waals surface area contributed by atoms with Gasteiger partial charge in [0.25, 0.3) is 0 Å². The summed E-state index contributed by atoms with van der Waals surface area (Å²) in [5.74, 6) is -1.12. The summed E-state index contributed by atoms with van der Waals surface area (Å²) >= 11 is 0. The van der Waals surface area contributed by atoms with Crippen LogP contribution in [-0.2, 0) is 16.0 Å². The van der Waals surface area contributed by atoms with Gasteiger partial charge in [-0.1, -0.05) is 19.3 Å². The molecule has 7 nitrogen and oxygen atoms in total. The van der Waals surface area contributed by atoms with Crippen LogP contribution >= 0.6 is 0 Å². The van der Waals surface area contributed by atoms with Crippen molar-refractivity contribution in [1.82, 2.24) is 20.2 Å². The van der Waals surface area contributed by atoms with E-state index in [4.69, 9.17) is 0 Å². The van der Waals surface area contributed by atoms with Gasteiger partial charge in [0.2, 0.25) is 5.91 Å². The molecule has 0 aromatic carbocycles. The number of aromatic amines is 1. The van der Waals surface area contributed by atoms with Crippen LogP contribution in [-0.4, -0.2) is 56.5 Å². The molecular formula is C17H26N4O3. The van der Waals surface area contributed by atoms with Gasteiger partial charge in [-0.25, -0.2) is 9.78 Å². The van der Waals surface area contributed by atoms with Crippen LogP contribution in [0.5, 0.6) is 0 Å². The van der Waals surface area contributed by atoms with Crippen LogP contribution in [0, 0.1) is 0 Å². The zero-order chi connectivity index (χ0) is 17.0. The molecule has 3 N–H and O–H groups in total. The highest BCUT2D eigenvalue weighted by molar-refractivity contribution is 5.90. The maximum atomic E-state index is 13.1. The van der Waals surface area contributed by atoms with E-state index in [-0.39, 0.29) is 12.3 Å². The van der Waals surface area contributed by atoms with E-state index in [1.165, 1.54) is 6.33 Å². The third-order valence-corrected chi connectivity index (χ3v) is 5.40. The van der Waals surface area contributed by atoms with Gasteiger partial charge < -0.3 is 15.4 Å². The number of rotatable bonds is 6. The first-order chi connectivity index (χ1) is 11.6. The number of carbonyl (C=O) groups excluding carboxylic acids is 1. The summed E-state index contributed by atoms with van der Waals surface area (Å²) in [5.41, 5.74) is 0.192. The molecule has 0 unspecified atom stereocenters. The SMILES string of the molecule is O=C(O)[C@H](Cc1cnc[nH]1)NC(=O)C1(N2CCCC2)CCCCC1. The van der Waals surface area contributed by atoms with Gasteiger partial charge in [-0.15, -0.1) is 0 Å². The Kier molecular flexibility index (Phi) is 5.18. The number of hydrogen-bond acceptors (Lipinski definition) is 4. The molecule has 2 fully saturated rings. The predicted octanol–water partition coefficient (Wildman–Crippen LogP) is 1.32. The highest BCUT2D eigenvalue weighted by Gasteiger charge is 2.46. The third-order valence-electron chi connectivity index (χ3n) is 5.40. The summed E-state index contributed by atoms with van der Waals surface area (Å²) in [7, 11) is 0. The van der Waals surface area contributed by atoms with Gasteiger partial charge in [-0.2, -0.15) is 0 Å². The molecule has 2 heterocycles. The minimum absolute atomic E-state index is 0.115. The Labute approximate surface area is 141 Å². The topological polar surface area (TPSA) is 98.3 Å². The van der Waals surface area contributed by atoms with Crippen molar-refractivity contribution in [2.45, 2.75) is 62.9 Å². The molecule has 3 rings (SSSR count). The van der Waals surface area contributed by atoms with Crippen LogP contribution in [0.15, 0.2) is 12.5 Å². The minimum Gasteiger partial charge on any atom is -0.480 e. The second kappa shape index (κ2) is 7.34. The number of carboxylic acid groups (broad SMARTS) is 1. The number of aliphatic carboxylic acids is 1. The monoisotopic (exact) mass is 334 g/mol. The van der Waals surface area contributed by atoms with E-state index in [0.29, 0.717) is 5.69 Å². The number of carboxylic acids is 1. The van der Waals surface area contributed by atoms with Crippen LogP contribution in [0.3, 0.4) is 0 Å². The van der Waals surface area contributed by atoms with Crippen molar-refractivity contribution in [3.63, 3.8) is 0 Å². The summed E-state index contributed by atoms with van der Waals surface area (Å²) in [6, 6.07) is -0.931. The number of hydrogen-bond donors (Lipinski definition) is 3. The van der Waals surface area contributed by atoms with E-state index in [1.54, 1.807) is 6.20 Å². The van der Waals surface area contributed by atoms with Gasteiger partial charge in [0.1, 0.15) is 11.6 Å². The Morgan fingerprint density at radius 2 is 1.96 bits per heavy atom. The molecule has 1 aromatic rings. The van der Waals surface area contributed by atoms with E-state index in [9.17, 15) is 14.7 Å². The highest BCUT2D eigenvalue weighted by atomic mass is 16.4. The fourth-order valence-corrected chi connectivity index (χ4v) is 4.08. The summed E-state index contributed by atoms with van der Waals surface area (Å²) in [6.45, 7) is 1.87. The van der Waals surface area contributed by atoms with Crippen LogP contribution in [0.25, 0.3) is 0 Å². The van der Waals surface area contributed by atoms with E-state index in [2.05, 4.69) is 20.2 Å². The first-order valence-electron chi connectivity index (χ1n) is 8.88. The number of nitrogens with one attached hydrogen (secondary N) is 2. The van der Waals surface area contributed by atoms with Crippen molar-refractivity contribution in [1.29, 1.82) is 0 Å². The van der Waals surface area contributed by atoms with Gasteiger partial charge in [0.05, 0.1) is 6.33 Å². The van der Waals surface area contributed by atoms with Crippen molar-refractivity contribution in [2.24, 2.45) is 0 Å². The second-order valence-electron chi connectivity index (χ2n) is 6.93. The summed E-state index contributed by atoms with van der Waals surface area (Å²) < 4.78 is 0. The molecule has 1 aliphatic carbocycles. The standard InChI is InChI=1S/C17H26N4O3/c22-15(23)14(10-13-11-18-12-19-13)20-16(24)17(6-2-1-3-7-17)21-8-4-5-9-21/h11-12,14H,1-10H2,(H,18,19)(H,20,24)(H,22,23)/t14-/m0/s1. The van der Waals surface area contributed by atoms with Crippen molar-refractivity contribution >= 4 is 11.9 Å². The molecule has 0 spiro atoms. The van der Waals surface area contributed by atoms with Gasteiger partial charge >= 0.3 is 5.97 Å². The number of imidazole rings is 1. The smallest absolute Gasteiger partial charge is 0.326 e. The summed E-state index contributed by atoms with van der Waals surface area (Å²) in [4.78, 5) is 33.8. The quantitative estimate of drug-likeness (QED) is 0.729. The molecule has 1 aliphatic heterocycles. The minimum atomic E-state index is -1.01. The number of likely N-dealkylation sites (tertiary alicyclic amines) is 1. The molecule has 1 saturated heterocycles. The number of nitrogens with zero attached hydrogens (tertiary/aromatic N) is 2. The lowest BCUT2D eigenvalue weighted by molar-refractivity contribution is -0.145. The normalized spacial score (nSPS) is 22.2. The number of H-pyrrole nitrogens is 1. The largest absolute Gasteiger partial charge is 0.480 e. The lowest BCUT2D eigenvalue weighted by atomic mass is 9.79. The molecule has 0 radical (unpaired) electrons. The molecule has 2 aliphatic rings. The lowest BCUT2D eigenvalue weighted by Gasteiger charge is -2.43. The van der Waals surface area contributed by atoms with Crippen LogP contribution in [0.2, 0.25) is 0 Å². The van der Waals surface area contributed by atoms with Crippen molar-refractivity contribution in [2.75, 3.05) is 13.1 Å². The average Bonchev–Trinajstić information content (AvgIpc) is 3.28. The Morgan fingerprint density at radius 1 is 1.25 bits per heavy atom. The lowest BCUT2D eigenvalue weighted by Crippen LogP contribution is -2.61. The third kappa shape index (κ3) is 3.45. The second-order valence-corrected chi connectivity index (χ2v) is 6.93. The van der Waals surface area contributed by atoms with Gasteiger partial charge in [-0.3, -0.25) is 9.69 Å². The van der Waals surface area contributed by atoms with Crippen LogP contribution in [0.1, 0.15) is 50.6 Å². The van der Waals surface area contributed by atoms with Gasteiger partial charge in [-0.05, 0) is 38.8 Å². The predicted molar refractivity (Wildman–Crippen MR) is 88.5 cm³/mol. The first kappa shape index (κ1) is 17.0. The molecule has 1 saturated carbocycles. The number of carbonyl (C=O) groups is 2. The highest BCUT2D eigenvalue weighted by Crippen LogP contribution is 2.36. The maximum Gasteiger partial charge on any atom is 0.326 e. The molecule has 7 heteroatoms. The van der Waals surface area contributed by atoms with Gasteiger partial charge in [0.15, 0.2) is 0 Å².